The minimum Gasteiger partial charge on any atom is -0.396 e. The van der Waals surface area contributed by atoms with Crippen molar-refractivity contribution >= 4 is 15.9 Å². The molecule has 0 aromatic heterocycles. The Morgan fingerprint density at radius 2 is 2.18 bits per heavy atom. The fourth-order valence-electron chi connectivity index (χ4n) is 0.855. The largest absolute Gasteiger partial charge is 0.396 e. The molecular formula is C8H8BrFO. The third-order valence-corrected chi connectivity index (χ3v) is 2.16. The average molecular weight is 219 g/mol. The Bertz CT molecular complexity index is 250. The van der Waals surface area contributed by atoms with Crippen molar-refractivity contribution in [3.05, 3.63) is 34.1 Å². The van der Waals surface area contributed by atoms with Crippen LogP contribution in [0.15, 0.2) is 22.7 Å². The van der Waals surface area contributed by atoms with Crippen molar-refractivity contribution in [3.63, 3.8) is 0 Å². The molecule has 11 heavy (non-hydrogen) atoms. The standard InChI is InChI=1S/C8H8BrFO/c9-8-2-1-7(10)5-6(8)3-4-11/h1-2,5,11H,3-4H2. The van der Waals surface area contributed by atoms with E-state index in [1.807, 2.05) is 0 Å². The average Bonchev–Trinajstić information content (AvgIpc) is 1.98. The number of aliphatic hydroxyl groups is 1. The van der Waals surface area contributed by atoms with E-state index < -0.39 is 0 Å². The number of hydrogen-bond donors (Lipinski definition) is 1. The van der Waals surface area contributed by atoms with Crippen LogP contribution in [0.2, 0.25) is 0 Å². The van der Waals surface area contributed by atoms with Gasteiger partial charge >= 0.3 is 0 Å². The Morgan fingerprint density at radius 1 is 1.45 bits per heavy atom. The fourth-order valence-corrected chi connectivity index (χ4v) is 1.30. The van der Waals surface area contributed by atoms with Crippen LogP contribution >= 0.6 is 15.9 Å². The van der Waals surface area contributed by atoms with Gasteiger partial charge in [-0.2, -0.15) is 0 Å². The number of hydrogen-bond acceptors (Lipinski definition) is 1. The van der Waals surface area contributed by atoms with Gasteiger partial charge in [-0.25, -0.2) is 4.39 Å². The maximum Gasteiger partial charge on any atom is 0.123 e. The molecule has 0 aliphatic heterocycles. The Balaban J connectivity index is 2.93. The molecular weight excluding hydrogens is 211 g/mol. The summed E-state index contributed by atoms with van der Waals surface area (Å²) in [7, 11) is 0. The fraction of sp³-hybridized carbons (Fsp3) is 0.250. The summed E-state index contributed by atoms with van der Waals surface area (Å²) in [6, 6.07) is 4.44. The van der Waals surface area contributed by atoms with E-state index in [9.17, 15) is 4.39 Å². The van der Waals surface area contributed by atoms with Crippen molar-refractivity contribution in [2.45, 2.75) is 6.42 Å². The van der Waals surface area contributed by atoms with Gasteiger partial charge in [0.05, 0.1) is 0 Å². The van der Waals surface area contributed by atoms with E-state index in [2.05, 4.69) is 15.9 Å². The van der Waals surface area contributed by atoms with E-state index in [0.717, 1.165) is 10.0 Å². The van der Waals surface area contributed by atoms with Gasteiger partial charge in [-0.15, -0.1) is 0 Å². The van der Waals surface area contributed by atoms with Crippen molar-refractivity contribution in [2.75, 3.05) is 6.61 Å². The molecule has 0 radical (unpaired) electrons. The highest BCUT2D eigenvalue weighted by Gasteiger charge is 1.99. The quantitative estimate of drug-likeness (QED) is 0.807. The molecule has 0 bridgehead atoms. The highest BCUT2D eigenvalue weighted by atomic mass is 79.9. The lowest BCUT2D eigenvalue weighted by atomic mass is 10.2. The molecule has 0 fully saturated rings. The molecule has 1 nitrogen and oxygen atoms in total. The lowest BCUT2D eigenvalue weighted by Gasteiger charge is -2.00. The summed E-state index contributed by atoms with van der Waals surface area (Å²) in [5.74, 6) is -0.267. The van der Waals surface area contributed by atoms with Gasteiger partial charge in [-0.1, -0.05) is 15.9 Å². The third-order valence-electron chi connectivity index (χ3n) is 1.39. The highest BCUT2D eigenvalue weighted by Crippen LogP contribution is 2.17. The topological polar surface area (TPSA) is 20.2 Å². The van der Waals surface area contributed by atoms with Crippen molar-refractivity contribution in [1.29, 1.82) is 0 Å². The van der Waals surface area contributed by atoms with Crippen molar-refractivity contribution in [3.8, 4) is 0 Å². The van der Waals surface area contributed by atoms with Crippen LogP contribution in [0.5, 0.6) is 0 Å². The van der Waals surface area contributed by atoms with E-state index in [1.54, 1.807) is 6.07 Å². The Kier molecular flexibility index (Phi) is 3.02. The SMILES string of the molecule is OCCc1cc(F)ccc1Br. The van der Waals surface area contributed by atoms with Gasteiger partial charge in [-0.05, 0) is 30.2 Å². The monoisotopic (exact) mass is 218 g/mol. The molecule has 0 saturated heterocycles. The van der Waals surface area contributed by atoms with Crippen molar-refractivity contribution in [1.82, 2.24) is 0 Å². The summed E-state index contributed by atoms with van der Waals surface area (Å²) < 4.78 is 13.4. The lowest BCUT2D eigenvalue weighted by Crippen LogP contribution is -1.92. The zero-order valence-corrected chi connectivity index (χ0v) is 7.44. The zero-order chi connectivity index (χ0) is 8.27. The first-order valence-corrected chi connectivity index (χ1v) is 4.08. The third kappa shape index (κ3) is 2.27. The molecule has 60 valence electrons. The van der Waals surface area contributed by atoms with Crippen LogP contribution in [0.3, 0.4) is 0 Å². The van der Waals surface area contributed by atoms with Crippen LogP contribution in [0.1, 0.15) is 5.56 Å². The Hall–Kier alpha value is -0.410. The van der Waals surface area contributed by atoms with Crippen LogP contribution < -0.4 is 0 Å². The molecule has 0 unspecified atom stereocenters. The van der Waals surface area contributed by atoms with Crippen LogP contribution in [0.25, 0.3) is 0 Å². The maximum atomic E-state index is 12.6. The minimum absolute atomic E-state index is 0.0437. The maximum absolute atomic E-state index is 12.6. The summed E-state index contributed by atoms with van der Waals surface area (Å²) in [5, 5.41) is 8.59. The second kappa shape index (κ2) is 3.83. The highest BCUT2D eigenvalue weighted by molar-refractivity contribution is 9.10. The van der Waals surface area contributed by atoms with Crippen LogP contribution in [0, 0.1) is 5.82 Å². The van der Waals surface area contributed by atoms with Gasteiger partial charge in [-0.3, -0.25) is 0 Å². The lowest BCUT2D eigenvalue weighted by molar-refractivity contribution is 0.299. The predicted octanol–water partition coefficient (Wildman–Crippen LogP) is 2.12. The van der Waals surface area contributed by atoms with E-state index in [0.29, 0.717) is 6.42 Å². The molecule has 0 saturated carbocycles. The van der Waals surface area contributed by atoms with E-state index in [1.165, 1.54) is 12.1 Å². The first kappa shape index (κ1) is 8.68. The number of halogens is 2. The van der Waals surface area contributed by atoms with Crippen LogP contribution in [0.4, 0.5) is 4.39 Å². The molecule has 1 rings (SSSR count). The molecule has 0 aliphatic carbocycles. The van der Waals surface area contributed by atoms with E-state index >= 15 is 0 Å². The Morgan fingerprint density at radius 3 is 2.82 bits per heavy atom. The number of aliphatic hydroxyl groups excluding tert-OH is 1. The molecule has 0 atom stereocenters. The molecule has 0 amide bonds. The van der Waals surface area contributed by atoms with Gasteiger partial charge in [0.1, 0.15) is 5.82 Å². The van der Waals surface area contributed by atoms with E-state index in [-0.39, 0.29) is 12.4 Å². The van der Waals surface area contributed by atoms with Crippen molar-refractivity contribution < 1.29 is 9.50 Å². The smallest absolute Gasteiger partial charge is 0.123 e. The van der Waals surface area contributed by atoms with Gasteiger partial charge in [0, 0.05) is 11.1 Å². The van der Waals surface area contributed by atoms with Crippen LogP contribution in [-0.2, 0) is 6.42 Å². The van der Waals surface area contributed by atoms with Crippen molar-refractivity contribution in [2.24, 2.45) is 0 Å². The first-order chi connectivity index (χ1) is 5.24. The summed E-state index contributed by atoms with van der Waals surface area (Å²) >= 11 is 3.25. The molecule has 0 heterocycles. The molecule has 0 aliphatic rings. The van der Waals surface area contributed by atoms with Gasteiger partial charge < -0.3 is 5.11 Å². The molecule has 1 aromatic carbocycles. The summed E-state index contributed by atoms with van der Waals surface area (Å²) in [5.41, 5.74) is 0.799. The van der Waals surface area contributed by atoms with Gasteiger partial charge in [0.2, 0.25) is 0 Å². The Labute approximate surface area is 73.0 Å². The summed E-state index contributed by atoms with van der Waals surface area (Å²) in [6.07, 6.45) is 0.484. The van der Waals surface area contributed by atoms with Crippen LogP contribution in [-0.4, -0.2) is 11.7 Å². The minimum atomic E-state index is -0.267. The number of rotatable bonds is 2. The first-order valence-electron chi connectivity index (χ1n) is 3.29. The van der Waals surface area contributed by atoms with Gasteiger partial charge in [0.15, 0.2) is 0 Å². The molecule has 3 heteroatoms. The second-order valence-electron chi connectivity index (χ2n) is 2.21. The van der Waals surface area contributed by atoms with E-state index in [4.69, 9.17) is 5.11 Å². The molecule has 0 spiro atoms. The zero-order valence-electron chi connectivity index (χ0n) is 5.85. The van der Waals surface area contributed by atoms with Gasteiger partial charge in [0.25, 0.3) is 0 Å². The molecule has 1 aromatic rings. The number of benzene rings is 1. The summed E-state index contributed by atoms with van der Waals surface area (Å²) in [6.45, 7) is 0.0437. The normalized spacial score (nSPS) is 10.1. The molecule has 1 N–H and O–H groups in total. The summed E-state index contributed by atoms with van der Waals surface area (Å²) in [4.78, 5) is 0. The second-order valence-corrected chi connectivity index (χ2v) is 3.06. The predicted molar refractivity (Wildman–Crippen MR) is 44.9 cm³/mol.